The van der Waals surface area contributed by atoms with Crippen LogP contribution in [0.5, 0.6) is 0 Å². The fraction of sp³-hybridized carbons (Fsp3) is 0.526. The molecule has 0 radical (unpaired) electrons. The maximum absolute atomic E-state index is 12.5. The smallest absolute Gasteiger partial charge is 0.309 e. The van der Waals surface area contributed by atoms with E-state index in [0.717, 1.165) is 6.26 Å². The van der Waals surface area contributed by atoms with Gasteiger partial charge in [0, 0.05) is 12.8 Å². The molecule has 0 bridgehead atoms. The van der Waals surface area contributed by atoms with Crippen molar-refractivity contribution < 1.29 is 22.7 Å². The summed E-state index contributed by atoms with van der Waals surface area (Å²) in [5, 5.41) is 0. The first-order chi connectivity index (χ1) is 13.7. The average molecular weight is 440 g/mol. The van der Waals surface area contributed by atoms with Gasteiger partial charge in [0.25, 0.3) is 5.91 Å². The topological polar surface area (TPSA) is 171 Å². The van der Waals surface area contributed by atoms with Crippen molar-refractivity contribution in [3.8, 4) is 0 Å². The lowest BCUT2D eigenvalue weighted by atomic mass is 9.93. The van der Waals surface area contributed by atoms with Crippen LogP contribution in [0, 0.1) is 5.92 Å². The summed E-state index contributed by atoms with van der Waals surface area (Å²) in [5.41, 5.74) is 16.3. The number of ether oxygens (including phenoxy) is 1. The Bertz CT molecular complexity index is 964. The number of esters is 1. The Kier molecular flexibility index (Phi) is 6.77. The molecule has 1 aromatic carbocycles. The van der Waals surface area contributed by atoms with Crippen LogP contribution >= 0.6 is 0 Å². The Labute approximate surface area is 176 Å². The van der Waals surface area contributed by atoms with Crippen LogP contribution < -0.4 is 22.1 Å². The van der Waals surface area contributed by atoms with Crippen LogP contribution in [0.2, 0.25) is 0 Å². The molecule has 11 heteroatoms. The Morgan fingerprint density at radius 3 is 2.37 bits per heavy atom. The molecule has 0 aliphatic carbocycles. The molecule has 1 aliphatic rings. The molecule has 10 nitrogen and oxygen atoms in total. The Morgan fingerprint density at radius 2 is 1.87 bits per heavy atom. The minimum Gasteiger partial charge on any atom is -0.460 e. The molecule has 1 heterocycles. The minimum atomic E-state index is -3.83. The number of nitrogens with zero attached hydrogens (tertiary/aromatic N) is 2. The van der Waals surface area contributed by atoms with E-state index < -0.39 is 39.4 Å². The number of anilines is 1. The highest BCUT2D eigenvalue weighted by Crippen LogP contribution is 2.34. The monoisotopic (exact) mass is 439 g/mol. The molecule has 30 heavy (non-hydrogen) atoms. The molecule has 2 atom stereocenters. The van der Waals surface area contributed by atoms with Gasteiger partial charge in [-0.2, -0.15) is 4.99 Å². The highest BCUT2D eigenvalue weighted by atomic mass is 32.2. The molecule has 2 unspecified atom stereocenters. The summed E-state index contributed by atoms with van der Waals surface area (Å²) in [7, 11) is -3.83. The van der Waals surface area contributed by atoms with Gasteiger partial charge < -0.3 is 26.8 Å². The molecule has 0 spiro atoms. The molecule has 1 aliphatic heterocycles. The first-order valence-electron chi connectivity index (χ1n) is 9.43. The lowest BCUT2D eigenvalue weighted by Crippen LogP contribution is -2.50. The molecular weight excluding hydrogens is 410 g/mol. The number of benzene rings is 1. The molecule has 6 N–H and O–H groups in total. The summed E-state index contributed by atoms with van der Waals surface area (Å²) in [6.45, 7) is 5.68. The zero-order valence-corrected chi connectivity index (χ0v) is 18.4. The van der Waals surface area contributed by atoms with Gasteiger partial charge in [-0.15, -0.1) is 0 Å². The predicted molar refractivity (Wildman–Crippen MR) is 114 cm³/mol. The van der Waals surface area contributed by atoms with Gasteiger partial charge in [0.15, 0.2) is 15.8 Å². The zero-order valence-electron chi connectivity index (χ0n) is 17.6. The van der Waals surface area contributed by atoms with Crippen LogP contribution in [0.25, 0.3) is 0 Å². The Morgan fingerprint density at radius 1 is 1.23 bits per heavy atom. The third-order valence-electron chi connectivity index (χ3n) is 4.52. The van der Waals surface area contributed by atoms with E-state index >= 15 is 0 Å². The first-order valence-corrected chi connectivity index (χ1v) is 11.3. The molecule has 2 rings (SSSR count). The lowest BCUT2D eigenvalue weighted by Gasteiger charge is -2.39. The molecule has 0 aromatic heterocycles. The highest BCUT2D eigenvalue weighted by Gasteiger charge is 2.35. The third kappa shape index (κ3) is 5.70. The van der Waals surface area contributed by atoms with Crippen LogP contribution in [0.3, 0.4) is 0 Å². The molecule has 1 fully saturated rings. The van der Waals surface area contributed by atoms with Crippen LogP contribution in [0.1, 0.15) is 44.0 Å². The van der Waals surface area contributed by atoms with E-state index in [1.807, 2.05) is 0 Å². The second kappa shape index (κ2) is 8.60. The van der Waals surface area contributed by atoms with Crippen LogP contribution in [-0.4, -0.2) is 50.8 Å². The SMILES string of the molecule is CC(C)(C)OC(=O)C1CCN(c2cccc(C(=O)N=C(N)N)c2S(C)(=O)=O)C(N)C1. The summed E-state index contributed by atoms with van der Waals surface area (Å²) in [6.07, 6.45) is 1.06. The highest BCUT2D eigenvalue weighted by molar-refractivity contribution is 7.91. The van der Waals surface area contributed by atoms with Crippen molar-refractivity contribution in [2.24, 2.45) is 28.1 Å². The second-order valence-electron chi connectivity index (χ2n) is 8.28. The summed E-state index contributed by atoms with van der Waals surface area (Å²) in [4.78, 5) is 29.7. The standard InChI is InChI=1S/C19H29N5O5S/c1-19(2,3)29-17(26)11-8-9-24(14(20)10-11)13-7-5-6-12(15(13)30(4,27)28)16(25)23-18(21)22/h5-7,11,14H,8-10,20H2,1-4H3,(H4,21,22,23,25). The molecular formula is C19H29N5O5S. The number of nitrogens with two attached hydrogens (primary N) is 3. The maximum atomic E-state index is 12.5. The van der Waals surface area contributed by atoms with Gasteiger partial charge >= 0.3 is 5.97 Å². The van der Waals surface area contributed by atoms with Crippen molar-refractivity contribution >= 4 is 33.4 Å². The number of hydrogen-bond acceptors (Lipinski definition) is 7. The van der Waals surface area contributed by atoms with Gasteiger partial charge in [-0.1, -0.05) is 6.07 Å². The van der Waals surface area contributed by atoms with Gasteiger partial charge in [0.05, 0.1) is 23.3 Å². The number of carbonyl (C=O) groups is 2. The van der Waals surface area contributed by atoms with Crippen LogP contribution in [-0.2, 0) is 19.4 Å². The summed E-state index contributed by atoms with van der Waals surface area (Å²) in [5.74, 6) is -2.07. The fourth-order valence-corrected chi connectivity index (χ4v) is 4.50. The Hall–Kier alpha value is -2.66. The predicted octanol–water partition coefficient (Wildman–Crippen LogP) is 0.347. The normalized spacial score (nSPS) is 19.8. The van der Waals surface area contributed by atoms with Crippen LogP contribution in [0.15, 0.2) is 28.1 Å². The fourth-order valence-electron chi connectivity index (χ4n) is 3.38. The summed E-state index contributed by atoms with van der Waals surface area (Å²) in [6, 6.07) is 4.44. The van der Waals surface area contributed by atoms with E-state index in [0.29, 0.717) is 13.0 Å². The van der Waals surface area contributed by atoms with Crippen molar-refractivity contribution in [1.82, 2.24) is 0 Å². The quantitative estimate of drug-likeness (QED) is 0.340. The number of sulfone groups is 1. The number of carbonyl (C=O) groups excluding carboxylic acids is 2. The van der Waals surface area contributed by atoms with E-state index in [1.54, 1.807) is 31.7 Å². The molecule has 166 valence electrons. The van der Waals surface area contributed by atoms with Gasteiger partial charge in [-0.05, 0) is 45.7 Å². The van der Waals surface area contributed by atoms with Crippen molar-refractivity contribution in [3.63, 3.8) is 0 Å². The third-order valence-corrected chi connectivity index (χ3v) is 5.69. The average Bonchev–Trinajstić information content (AvgIpc) is 2.58. The Balaban J connectivity index is 2.40. The van der Waals surface area contributed by atoms with Crippen molar-refractivity contribution in [2.75, 3.05) is 17.7 Å². The van der Waals surface area contributed by atoms with Crippen molar-refractivity contribution in [2.45, 2.75) is 50.3 Å². The second-order valence-corrected chi connectivity index (χ2v) is 10.2. The van der Waals surface area contributed by atoms with Gasteiger partial charge in [0.2, 0.25) is 0 Å². The zero-order chi connectivity index (χ0) is 22.9. The summed E-state index contributed by atoms with van der Waals surface area (Å²) >= 11 is 0. The van der Waals surface area contributed by atoms with E-state index in [1.165, 1.54) is 12.1 Å². The maximum Gasteiger partial charge on any atom is 0.309 e. The van der Waals surface area contributed by atoms with E-state index in [9.17, 15) is 18.0 Å². The molecule has 0 saturated carbocycles. The van der Waals surface area contributed by atoms with Crippen molar-refractivity contribution in [3.05, 3.63) is 23.8 Å². The summed E-state index contributed by atoms with van der Waals surface area (Å²) < 4.78 is 30.5. The lowest BCUT2D eigenvalue weighted by molar-refractivity contribution is -0.161. The van der Waals surface area contributed by atoms with E-state index in [2.05, 4.69) is 4.99 Å². The minimum absolute atomic E-state index is 0.148. The van der Waals surface area contributed by atoms with Crippen LogP contribution in [0.4, 0.5) is 5.69 Å². The number of piperidine rings is 1. The number of rotatable bonds is 4. The number of amides is 1. The van der Waals surface area contributed by atoms with Gasteiger partial charge in [-0.25, -0.2) is 8.42 Å². The first kappa shape index (κ1) is 23.6. The molecule has 1 amide bonds. The van der Waals surface area contributed by atoms with E-state index in [-0.39, 0.29) is 28.5 Å². The number of hydrogen-bond donors (Lipinski definition) is 3. The van der Waals surface area contributed by atoms with Crippen molar-refractivity contribution in [1.29, 1.82) is 0 Å². The largest absolute Gasteiger partial charge is 0.460 e. The molecule has 1 aromatic rings. The van der Waals surface area contributed by atoms with Gasteiger partial charge in [-0.3, -0.25) is 9.59 Å². The van der Waals surface area contributed by atoms with Gasteiger partial charge in [0.1, 0.15) is 10.5 Å². The number of guanidine groups is 1. The van der Waals surface area contributed by atoms with E-state index in [4.69, 9.17) is 21.9 Å². The number of aliphatic imine (C=N–C) groups is 1. The molecule has 1 saturated heterocycles.